The van der Waals surface area contributed by atoms with Gasteiger partial charge in [0, 0.05) is 6.04 Å². The Bertz CT molecular complexity index is 881. The molecule has 1 aliphatic carbocycles. The minimum absolute atomic E-state index is 0.0105. The van der Waals surface area contributed by atoms with E-state index in [1.54, 1.807) is 29.2 Å². The molecule has 0 N–H and O–H groups in total. The largest absolute Gasteiger partial charge is 0.463 e. The SMILES string of the molecule is COC(=O)c1ccc(C(C)Sc2nnc(-c3cccs3)n2C2CC2)o1. The van der Waals surface area contributed by atoms with Crippen molar-refractivity contribution >= 4 is 29.1 Å². The second-order valence-corrected chi connectivity index (χ2v) is 8.09. The molecule has 1 atom stereocenters. The highest BCUT2D eigenvalue weighted by Gasteiger charge is 2.31. The summed E-state index contributed by atoms with van der Waals surface area (Å²) in [5.74, 6) is 1.40. The summed E-state index contributed by atoms with van der Waals surface area (Å²) in [6, 6.07) is 8.02. The third-order valence-corrected chi connectivity index (χ3v) is 5.96. The lowest BCUT2D eigenvalue weighted by atomic mass is 10.3. The maximum atomic E-state index is 11.5. The Hall–Kier alpha value is -2.06. The molecular formula is C17H17N3O3S2. The summed E-state index contributed by atoms with van der Waals surface area (Å²) in [6.45, 7) is 2.03. The van der Waals surface area contributed by atoms with Gasteiger partial charge in [0.1, 0.15) is 5.76 Å². The Morgan fingerprint density at radius 1 is 1.40 bits per heavy atom. The fourth-order valence-corrected chi connectivity index (χ4v) is 4.29. The Morgan fingerprint density at radius 3 is 2.92 bits per heavy atom. The lowest BCUT2D eigenvalue weighted by Crippen LogP contribution is -2.00. The average Bonchev–Trinajstić information content (AvgIpc) is 3.07. The van der Waals surface area contributed by atoms with Gasteiger partial charge < -0.3 is 9.15 Å². The van der Waals surface area contributed by atoms with E-state index in [1.807, 2.05) is 24.4 Å². The molecule has 8 heteroatoms. The Kier molecular flexibility index (Phi) is 4.39. The average molecular weight is 375 g/mol. The van der Waals surface area contributed by atoms with Crippen LogP contribution >= 0.6 is 23.1 Å². The molecule has 130 valence electrons. The van der Waals surface area contributed by atoms with Gasteiger partial charge in [-0.05, 0) is 43.3 Å². The van der Waals surface area contributed by atoms with Gasteiger partial charge in [0.2, 0.25) is 5.76 Å². The van der Waals surface area contributed by atoms with E-state index in [9.17, 15) is 4.79 Å². The number of esters is 1. The van der Waals surface area contributed by atoms with Crippen LogP contribution in [0.5, 0.6) is 0 Å². The first-order valence-electron chi connectivity index (χ1n) is 8.01. The quantitative estimate of drug-likeness (QED) is 0.464. The lowest BCUT2D eigenvalue weighted by Gasteiger charge is -2.11. The highest BCUT2D eigenvalue weighted by atomic mass is 32.2. The molecule has 3 aromatic heterocycles. The maximum absolute atomic E-state index is 11.5. The Labute approximate surface area is 153 Å². The number of carbonyl (C=O) groups is 1. The van der Waals surface area contributed by atoms with Crippen LogP contribution in [0.15, 0.2) is 39.2 Å². The molecule has 25 heavy (non-hydrogen) atoms. The van der Waals surface area contributed by atoms with E-state index in [2.05, 4.69) is 25.6 Å². The minimum atomic E-state index is -0.468. The first kappa shape index (κ1) is 16.4. The molecule has 0 aliphatic heterocycles. The molecule has 6 nitrogen and oxygen atoms in total. The molecule has 0 saturated heterocycles. The number of nitrogens with zero attached hydrogens (tertiary/aromatic N) is 3. The first-order valence-corrected chi connectivity index (χ1v) is 9.76. The smallest absolute Gasteiger partial charge is 0.373 e. The number of hydrogen-bond donors (Lipinski definition) is 0. The van der Waals surface area contributed by atoms with Gasteiger partial charge in [-0.3, -0.25) is 4.57 Å². The topological polar surface area (TPSA) is 70.2 Å². The highest BCUT2D eigenvalue weighted by molar-refractivity contribution is 7.99. The second kappa shape index (κ2) is 6.68. The molecule has 1 unspecified atom stereocenters. The fourth-order valence-electron chi connectivity index (χ4n) is 2.59. The van der Waals surface area contributed by atoms with Gasteiger partial charge in [-0.1, -0.05) is 17.8 Å². The molecule has 0 spiro atoms. The number of methoxy groups -OCH3 is 1. The molecule has 0 aromatic carbocycles. The predicted octanol–water partition coefficient (Wildman–Crippen LogP) is 4.57. The van der Waals surface area contributed by atoms with Crippen molar-refractivity contribution in [3.05, 3.63) is 41.2 Å². The number of aromatic nitrogens is 3. The van der Waals surface area contributed by atoms with Crippen LogP contribution in [0.1, 0.15) is 47.4 Å². The minimum Gasteiger partial charge on any atom is -0.463 e. The van der Waals surface area contributed by atoms with Crippen molar-refractivity contribution < 1.29 is 13.9 Å². The van der Waals surface area contributed by atoms with Crippen molar-refractivity contribution in [1.82, 2.24) is 14.8 Å². The van der Waals surface area contributed by atoms with E-state index in [0.29, 0.717) is 11.8 Å². The molecule has 0 amide bonds. The van der Waals surface area contributed by atoms with Crippen LogP contribution in [0, 0.1) is 0 Å². The summed E-state index contributed by atoms with van der Waals surface area (Å²) in [7, 11) is 1.34. The lowest BCUT2D eigenvalue weighted by molar-refractivity contribution is 0.0563. The van der Waals surface area contributed by atoms with Gasteiger partial charge >= 0.3 is 5.97 Å². The molecule has 0 bridgehead atoms. The van der Waals surface area contributed by atoms with Gasteiger partial charge in [-0.25, -0.2) is 4.79 Å². The summed E-state index contributed by atoms with van der Waals surface area (Å²) in [5, 5.41) is 11.8. The van der Waals surface area contributed by atoms with Crippen molar-refractivity contribution in [3.63, 3.8) is 0 Å². The van der Waals surface area contributed by atoms with Crippen LogP contribution in [0.3, 0.4) is 0 Å². The summed E-state index contributed by atoms with van der Waals surface area (Å²) in [6.07, 6.45) is 2.32. The zero-order valence-electron chi connectivity index (χ0n) is 13.8. The molecule has 1 aliphatic rings. The molecule has 1 fully saturated rings. The second-order valence-electron chi connectivity index (χ2n) is 5.84. The molecule has 1 saturated carbocycles. The van der Waals surface area contributed by atoms with E-state index in [1.165, 1.54) is 7.11 Å². The monoisotopic (exact) mass is 375 g/mol. The van der Waals surface area contributed by atoms with Crippen molar-refractivity contribution in [1.29, 1.82) is 0 Å². The molecule has 0 radical (unpaired) electrons. The van der Waals surface area contributed by atoms with Crippen LogP contribution in [0.4, 0.5) is 0 Å². The van der Waals surface area contributed by atoms with Crippen molar-refractivity contribution in [2.24, 2.45) is 0 Å². The van der Waals surface area contributed by atoms with Crippen LogP contribution in [-0.4, -0.2) is 27.8 Å². The first-order chi connectivity index (χ1) is 12.2. The normalized spacial score (nSPS) is 15.3. The van der Waals surface area contributed by atoms with E-state index in [0.717, 1.165) is 28.7 Å². The number of thiophene rings is 1. The standard InChI is InChI=1S/C17H17N3O3S2/c1-10(12-7-8-13(23-12)16(21)22-2)25-17-19-18-15(14-4-3-9-24-14)20(17)11-5-6-11/h3-4,7-11H,5-6H2,1-2H3. The number of ether oxygens (including phenoxy) is 1. The van der Waals surface area contributed by atoms with Gasteiger partial charge in [-0.2, -0.15) is 0 Å². The van der Waals surface area contributed by atoms with Crippen LogP contribution in [0.2, 0.25) is 0 Å². The third-order valence-electron chi connectivity index (χ3n) is 4.01. The van der Waals surface area contributed by atoms with Crippen LogP contribution in [0.25, 0.3) is 10.7 Å². The molecule has 4 rings (SSSR count). The number of thioether (sulfide) groups is 1. The van der Waals surface area contributed by atoms with Gasteiger partial charge in [0.25, 0.3) is 0 Å². The summed E-state index contributed by atoms with van der Waals surface area (Å²) >= 11 is 3.26. The summed E-state index contributed by atoms with van der Waals surface area (Å²) in [4.78, 5) is 12.7. The highest BCUT2D eigenvalue weighted by Crippen LogP contribution is 2.44. The number of furan rings is 1. The summed E-state index contributed by atoms with van der Waals surface area (Å²) < 4.78 is 12.5. The molecule has 3 aromatic rings. The van der Waals surface area contributed by atoms with Gasteiger partial charge in [0.05, 0.1) is 17.2 Å². The maximum Gasteiger partial charge on any atom is 0.373 e. The molecule has 3 heterocycles. The van der Waals surface area contributed by atoms with Gasteiger partial charge in [-0.15, -0.1) is 21.5 Å². The number of rotatable bonds is 6. The van der Waals surface area contributed by atoms with E-state index in [-0.39, 0.29) is 11.0 Å². The van der Waals surface area contributed by atoms with E-state index >= 15 is 0 Å². The van der Waals surface area contributed by atoms with E-state index < -0.39 is 5.97 Å². The number of carbonyl (C=O) groups excluding carboxylic acids is 1. The third kappa shape index (κ3) is 3.23. The van der Waals surface area contributed by atoms with Crippen LogP contribution in [-0.2, 0) is 4.74 Å². The van der Waals surface area contributed by atoms with Crippen molar-refractivity contribution in [2.45, 2.75) is 36.2 Å². The van der Waals surface area contributed by atoms with Crippen molar-refractivity contribution in [2.75, 3.05) is 7.11 Å². The Morgan fingerprint density at radius 2 is 2.24 bits per heavy atom. The molecular weight excluding hydrogens is 358 g/mol. The summed E-state index contributed by atoms with van der Waals surface area (Å²) in [5.41, 5.74) is 0. The van der Waals surface area contributed by atoms with E-state index in [4.69, 9.17) is 4.42 Å². The number of hydrogen-bond acceptors (Lipinski definition) is 7. The Balaban J connectivity index is 1.58. The zero-order valence-corrected chi connectivity index (χ0v) is 15.5. The van der Waals surface area contributed by atoms with Crippen LogP contribution < -0.4 is 0 Å². The van der Waals surface area contributed by atoms with Crippen molar-refractivity contribution in [3.8, 4) is 10.7 Å². The zero-order chi connectivity index (χ0) is 17.4. The van der Waals surface area contributed by atoms with Gasteiger partial charge in [0.15, 0.2) is 11.0 Å². The predicted molar refractivity (Wildman–Crippen MR) is 95.9 cm³/mol. The fraction of sp³-hybridized carbons (Fsp3) is 0.353.